The van der Waals surface area contributed by atoms with E-state index in [1.54, 1.807) is 19.1 Å². The molecule has 0 radical (unpaired) electrons. The Morgan fingerprint density at radius 2 is 2.21 bits per heavy atom. The van der Waals surface area contributed by atoms with Gasteiger partial charge >= 0.3 is 0 Å². The summed E-state index contributed by atoms with van der Waals surface area (Å²) in [5, 5.41) is 9.55. The molecule has 1 saturated heterocycles. The van der Waals surface area contributed by atoms with Crippen molar-refractivity contribution in [2.24, 2.45) is 5.92 Å². The Morgan fingerprint density at radius 1 is 1.53 bits per heavy atom. The lowest BCUT2D eigenvalue weighted by molar-refractivity contribution is 0.133. The summed E-state index contributed by atoms with van der Waals surface area (Å²) >= 11 is 3.25. The van der Waals surface area contributed by atoms with Crippen LogP contribution in [0.4, 0.5) is 5.69 Å². The molecule has 0 aliphatic carbocycles. The summed E-state index contributed by atoms with van der Waals surface area (Å²) in [5.74, 6) is -0.00499. The molecule has 0 spiro atoms. The number of hydrogen-bond acceptors (Lipinski definition) is 4. The van der Waals surface area contributed by atoms with E-state index < -0.39 is 16.1 Å². The number of nitrogens with zero attached hydrogens (tertiary/aromatic N) is 1. The quantitative estimate of drug-likeness (QED) is 0.809. The highest BCUT2D eigenvalue weighted by atomic mass is 79.9. The van der Waals surface area contributed by atoms with Crippen molar-refractivity contribution in [1.29, 1.82) is 0 Å². The lowest BCUT2D eigenvalue weighted by Gasteiger charge is -2.18. The molecule has 5 nitrogen and oxygen atoms in total. The molecule has 1 aromatic carbocycles. The highest BCUT2D eigenvalue weighted by Gasteiger charge is 2.35. The Kier molecular flexibility index (Phi) is 4.20. The van der Waals surface area contributed by atoms with Crippen molar-refractivity contribution in [2.75, 3.05) is 18.8 Å². The van der Waals surface area contributed by atoms with Crippen molar-refractivity contribution in [3.8, 4) is 0 Å². The van der Waals surface area contributed by atoms with Crippen LogP contribution in [0.25, 0.3) is 0 Å². The van der Waals surface area contributed by atoms with Crippen LogP contribution in [-0.2, 0) is 10.0 Å². The first-order valence-electron chi connectivity index (χ1n) is 6.05. The van der Waals surface area contributed by atoms with Gasteiger partial charge in [0.1, 0.15) is 0 Å². The molecule has 1 aliphatic heterocycles. The highest BCUT2D eigenvalue weighted by molar-refractivity contribution is 9.10. The molecule has 0 amide bonds. The summed E-state index contributed by atoms with van der Waals surface area (Å²) in [6.07, 6.45) is 0.182. The van der Waals surface area contributed by atoms with Gasteiger partial charge in [-0.25, -0.2) is 8.42 Å². The van der Waals surface area contributed by atoms with Crippen LogP contribution < -0.4 is 5.73 Å². The summed E-state index contributed by atoms with van der Waals surface area (Å²) < 4.78 is 27.0. The van der Waals surface area contributed by atoms with E-state index >= 15 is 0 Å². The van der Waals surface area contributed by atoms with Gasteiger partial charge in [-0.1, -0.05) is 0 Å². The summed E-state index contributed by atoms with van der Waals surface area (Å²) in [4.78, 5) is 0.179. The number of aliphatic hydroxyl groups is 1. The molecular formula is C12H17BrN2O3S. The second-order valence-corrected chi connectivity index (χ2v) is 7.60. The lowest BCUT2D eigenvalue weighted by atomic mass is 10.0. The molecule has 19 heavy (non-hydrogen) atoms. The zero-order valence-corrected chi connectivity index (χ0v) is 13.0. The maximum absolute atomic E-state index is 12.5. The molecule has 2 rings (SSSR count). The van der Waals surface area contributed by atoms with Crippen molar-refractivity contribution in [3.05, 3.63) is 22.7 Å². The van der Waals surface area contributed by atoms with Gasteiger partial charge in [0.15, 0.2) is 0 Å². The van der Waals surface area contributed by atoms with E-state index in [4.69, 9.17) is 5.73 Å². The molecule has 7 heteroatoms. The topological polar surface area (TPSA) is 83.6 Å². The molecule has 2 unspecified atom stereocenters. The van der Waals surface area contributed by atoms with Crippen LogP contribution in [0, 0.1) is 5.92 Å². The van der Waals surface area contributed by atoms with Crippen LogP contribution in [-0.4, -0.2) is 37.0 Å². The van der Waals surface area contributed by atoms with Gasteiger partial charge in [-0.3, -0.25) is 0 Å². The van der Waals surface area contributed by atoms with Crippen LogP contribution >= 0.6 is 15.9 Å². The monoisotopic (exact) mass is 348 g/mol. The van der Waals surface area contributed by atoms with Gasteiger partial charge in [-0.15, -0.1) is 0 Å². The van der Waals surface area contributed by atoms with E-state index in [2.05, 4.69) is 15.9 Å². The van der Waals surface area contributed by atoms with E-state index in [1.165, 1.54) is 10.4 Å². The number of anilines is 1. The fourth-order valence-electron chi connectivity index (χ4n) is 2.22. The molecular weight excluding hydrogens is 332 g/mol. The first-order chi connectivity index (χ1) is 8.82. The minimum absolute atomic E-state index is 0.00499. The van der Waals surface area contributed by atoms with E-state index in [9.17, 15) is 13.5 Å². The van der Waals surface area contributed by atoms with Crippen molar-refractivity contribution in [3.63, 3.8) is 0 Å². The molecule has 3 N–H and O–H groups in total. The molecule has 0 saturated carbocycles. The molecule has 0 bridgehead atoms. The van der Waals surface area contributed by atoms with Crippen LogP contribution in [0.1, 0.15) is 13.3 Å². The van der Waals surface area contributed by atoms with Crippen molar-refractivity contribution in [1.82, 2.24) is 4.31 Å². The lowest BCUT2D eigenvalue weighted by Crippen LogP contribution is -2.30. The average Bonchev–Trinajstić information content (AvgIpc) is 2.82. The van der Waals surface area contributed by atoms with Gasteiger partial charge in [-0.2, -0.15) is 4.31 Å². The molecule has 0 aromatic heterocycles. The van der Waals surface area contributed by atoms with Gasteiger partial charge < -0.3 is 10.8 Å². The van der Waals surface area contributed by atoms with E-state index in [-0.39, 0.29) is 10.8 Å². The fourth-order valence-corrected chi connectivity index (χ4v) is 4.69. The fraction of sp³-hybridized carbons (Fsp3) is 0.500. The van der Waals surface area contributed by atoms with Crippen molar-refractivity contribution in [2.45, 2.75) is 24.3 Å². The molecule has 1 fully saturated rings. The van der Waals surface area contributed by atoms with Crippen LogP contribution in [0.5, 0.6) is 0 Å². The average molecular weight is 349 g/mol. The minimum Gasteiger partial charge on any atom is -0.399 e. The molecule has 1 aromatic rings. The van der Waals surface area contributed by atoms with Gasteiger partial charge in [-0.05, 0) is 53.4 Å². The smallest absolute Gasteiger partial charge is 0.244 e. The Balaban J connectivity index is 2.31. The summed E-state index contributed by atoms with van der Waals surface area (Å²) in [5.41, 5.74) is 6.06. The largest absolute Gasteiger partial charge is 0.399 e. The summed E-state index contributed by atoms with van der Waals surface area (Å²) in [7, 11) is -3.56. The van der Waals surface area contributed by atoms with Gasteiger partial charge in [0.05, 0.1) is 11.0 Å². The predicted octanol–water partition coefficient (Wildman–Crippen LogP) is 1.42. The SMILES string of the molecule is CC(O)C1CCN(S(=O)(=O)c2cc(N)ccc2Br)C1. The number of hydrogen-bond donors (Lipinski definition) is 2. The number of nitrogens with two attached hydrogens (primary N) is 1. The van der Waals surface area contributed by atoms with Crippen LogP contribution in [0.15, 0.2) is 27.6 Å². The zero-order chi connectivity index (χ0) is 14.2. The molecule has 1 heterocycles. The Labute approximate surface area is 121 Å². The minimum atomic E-state index is -3.56. The predicted molar refractivity (Wildman–Crippen MR) is 77.1 cm³/mol. The maximum Gasteiger partial charge on any atom is 0.244 e. The third kappa shape index (κ3) is 2.94. The van der Waals surface area contributed by atoms with Crippen molar-refractivity contribution >= 4 is 31.6 Å². The van der Waals surface area contributed by atoms with Gasteiger partial charge in [0, 0.05) is 23.2 Å². The highest BCUT2D eigenvalue weighted by Crippen LogP contribution is 2.31. The third-order valence-electron chi connectivity index (χ3n) is 3.44. The number of rotatable bonds is 3. The zero-order valence-electron chi connectivity index (χ0n) is 10.6. The maximum atomic E-state index is 12.5. The number of sulfonamides is 1. The number of nitrogen functional groups attached to an aromatic ring is 1. The normalized spacial score (nSPS) is 22.6. The second kappa shape index (κ2) is 5.40. The Bertz CT molecular complexity index is 574. The molecule has 1 aliphatic rings. The standard InChI is InChI=1S/C12H17BrN2O3S/c1-8(16)9-4-5-15(7-9)19(17,18)12-6-10(14)2-3-11(12)13/h2-3,6,8-9,16H,4-5,7,14H2,1H3. The van der Waals surface area contributed by atoms with Gasteiger partial charge in [0.2, 0.25) is 10.0 Å². The molecule has 106 valence electrons. The second-order valence-electron chi connectivity index (χ2n) is 4.84. The van der Waals surface area contributed by atoms with E-state index in [0.29, 0.717) is 29.7 Å². The molecule has 2 atom stereocenters. The third-order valence-corrected chi connectivity index (χ3v) is 6.30. The Morgan fingerprint density at radius 3 is 2.79 bits per heavy atom. The van der Waals surface area contributed by atoms with Gasteiger partial charge in [0.25, 0.3) is 0 Å². The summed E-state index contributed by atoms with van der Waals surface area (Å²) in [6.45, 7) is 2.47. The summed E-state index contributed by atoms with van der Waals surface area (Å²) in [6, 6.07) is 4.73. The first-order valence-corrected chi connectivity index (χ1v) is 8.29. The number of benzene rings is 1. The van der Waals surface area contributed by atoms with Crippen LogP contribution in [0.3, 0.4) is 0 Å². The van der Waals surface area contributed by atoms with Crippen LogP contribution in [0.2, 0.25) is 0 Å². The Hall–Kier alpha value is -0.630. The van der Waals surface area contributed by atoms with E-state index in [0.717, 1.165) is 0 Å². The number of halogens is 1. The van der Waals surface area contributed by atoms with E-state index in [1.807, 2.05) is 0 Å². The number of aliphatic hydroxyl groups excluding tert-OH is 1. The first kappa shape index (κ1) is 14.8. The van der Waals surface area contributed by atoms with Crippen molar-refractivity contribution < 1.29 is 13.5 Å².